The third-order valence-electron chi connectivity index (χ3n) is 4.84. The predicted molar refractivity (Wildman–Crippen MR) is 117 cm³/mol. The summed E-state index contributed by atoms with van der Waals surface area (Å²) in [5.41, 5.74) is 4.53. The van der Waals surface area contributed by atoms with Crippen LogP contribution in [0.2, 0.25) is 0 Å². The lowest BCUT2D eigenvalue weighted by Crippen LogP contribution is -2.35. The molecule has 0 saturated carbocycles. The zero-order valence-corrected chi connectivity index (χ0v) is 16.7. The fraction of sp³-hybridized carbons (Fsp3) is 0.167. The number of hydrogen-bond acceptors (Lipinski definition) is 5. The Kier molecular flexibility index (Phi) is 5.72. The van der Waals surface area contributed by atoms with Gasteiger partial charge in [-0.15, -0.1) is 11.3 Å². The van der Waals surface area contributed by atoms with E-state index in [1.165, 1.54) is 21.0 Å². The van der Waals surface area contributed by atoms with Gasteiger partial charge in [0, 0.05) is 23.5 Å². The lowest BCUT2D eigenvalue weighted by Gasteiger charge is -2.28. The molecule has 0 N–H and O–H groups in total. The molecule has 3 aromatic rings. The van der Waals surface area contributed by atoms with Crippen molar-refractivity contribution < 1.29 is 4.74 Å². The third kappa shape index (κ3) is 4.22. The van der Waals surface area contributed by atoms with Crippen LogP contribution in [0.15, 0.2) is 66.2 Å². The van der Waals surface area contributed by atoms with Gasteiger partial charge in [-0.2, -0.15) is 10.5 Å². The molecule has 1 aliphatic heterocycles. The van der Waals surface area contributed by atoms with Gasteiger partial charge in [0.05, 0.1) is 18.2 Å². The molecule has 4 nitrogen and oxygen atoms in total. The van der Waals surface area contributed by atoms with E-state index in [1.807, 2.05) is 42.5 Å². The van der Waals surface area contributed by atoms with Crippen molar-refractivity contribution in [3.8, 4) is 33.7 Å². The Balaban J connectivity index is 1.71. The molecule has 1 aromatic heterocycles. The minimum absolute atomic E-state index is 0.106. The summed E-state index contributed by atoms with van der Waals surface area (Å²) in [7, 11) is 0. The Hall–Kier alpha value is -3.38. The maximum absolute atomic E-state index is 8.93. The molecule has 1 fully saturated rings. The van der Waals surface area contributed by atoms with E-state index in [2.05, 4.69) is 35.2 Å². The van der Waals surface area contributed by atoms with Gasteiger partial charge in [-0.25, -0.2) is 0 Å². The maximum atomic E-state index is 8.93. The molecule has 0 unspecified atom stereocenters. The lowest BCUT2D eigenvalue weighted by atomic mass is 10.0. The second kappa shape index (κ2) is 8.75. The van der Waals surface area contributed by atoms with Crippen LogP contribution in [0.3, 0.4) is 0 Å². The molecule has 142 valence electrons. The maximum Gasteiger partial charge on any atom is 0.130 e. The molecule has 0 bridgehead atoms. The van der Waals surface area contributed by atoms with E-state index in [-0.39, 0.29) is 5.57 Å². The number of allylic oxidation sites excluding steroid dienone is 1. The Morgan fingerprint density at radius 2 is 1.62 bits per heavy atom. The Labute approximate surface area is 174 Å². The predicted octanol–water partition coefficient (Wildman–Crippen LogP) is 5.35. The molecular weight excluding hydrogens is 378 g/mol. The summed E-state index contributed by atoms with van der Waals surface area (Å²) in [6.07, 6.45) is 1.60. The molecule has 2 aromatic carbocycles. The molecule has 0 radical (unpaired) electrons. The van der Waals surface area contributed by atoms with Crippen LogP contribution >= 0.6 is 11.3 Å². The Morgan fingerprint density at radius 3 is 2.28 bits per heavy atom. The van der Waals surface area contributed by atoms with Gasteiger partial charge in [0.2, 0.25) is 0 Å². The summed E-state index contributed by atoms with van der Waals surface area (Å²) in [6, 6.07) is 24.5. The summed E-state index contributed by atoms with van der Waals surface area (Å²) in [4.78, 5) is 3.60. The van der Waals surface area contributed by atoms with Crippen LogP contribution in [-0.4, -0.2) is 26.3 Å². The largest absolute Gasteiger partial charge is 0.378 e. The number of thiophene rings is 1. The number of rotatable bonds is 4. The standard InChI is InChI=1S/C24H19N3OS/c25-16-19(17-26)14-18-6-8-21(9-7-18)23-15-22(20-4-2-1-3-5-20)24(29-23)27-10-12-28-13-11-27/h1-9,14-15H,10-13H2. The minimum Gasteiger partial charge on any atom is -0.378 e. The molecule has 5 heteroatoms. The molecule has 0 atom stereocenters. The third-order valence-corrected chi connectivity index (χ3v) is 6.09. The second-order valence-corrected chi connectivity index (χ2v) is 7.73. The van der Waals surface area contributed by atoms with Crippen LogP contribution < -0.4 is 4.90 Å². The van der Waals surface area contributed by atoms with Crippen molar-refractivity contribution in [2.45, 2.75) is 0 Å². The van der Waals surface area contributed by atoms with E-state index in [0.29, 0.717) is 0 Å². The fourth-order valence-electron chi connectivity index (χ4n) is 3.35. The van der Waals surface area contributed by atoms with E-state index in [0.717, 1.165) is 37.4 Å². The van der Waals surface area contributed by atoms with Crippen molar-refractivity contribution in [2.24, 2.45) is 0 Å². The number of hydrogen-bond donors (Lipinski definition) is 0. The highest BCUT2D eigenvalue weighted by atomic mass is 32.1. The van der Waals surface area contributed by atoms with Crippen molar-refractivity contribution in [2.75, 3.05) is 31.2 Å². The van der Waals surface area contributed by atoms with Gasteiger partial charge < -0.3 is 9.64 Å². The van der Waals surface area contributed by atoms with E-state index in [9.17, 15) is 0 Å². The quantitative estimate of drug-likeness (QED) is 0.557. The molecule has 0 aliphatic carbocycles. The first kappa shape index (κ1) is 19.0. The van der Waals surface area contributed by atoms with E-state index in [4.69, 9.17) is 15.3 Å². The summed E-state index contributed by atoms with van der Waals surface area (Å²) >= 11 is 1.79. The van der Waals surface area contributed by atoms with Crippen molar-refractivity contribution in [3.63, 3.8) is 0 Å². The van der Waals surface area contributed by atoms with Gasteiger partial charge in [-0.3, -0.25) is 0 Å². The zero-order valence-electron chi connectivity index (χ0n) is 15.8. The topological polar surface area (TPSA) is 60.0 Å². The van der Waals surface area contributed by atoms with Crippen LogP contribution in [0.1, 0.15) is 5.56 Å². The van der Waals surface area contributed by atoms with E-state index < -0.39 is 0 Å². The van der Waals surface area contributed by atoms with Gasteiger partial charge in [-0.1, -0.05) is 54.6 Å². The Morgan fingerprint density at radius 1 is 0.931 bits per heavy atom. The average Bonchev–Trinajstić information content (AvgIpc) is 3.24. The zero-order chi connectivity index (χ0) is 20.1. The van der Waals surface area contributed by atoms with Crippen LogP contribution in [0.5, 0.6) is 0 Å². The molecule has 1 saturated heterocycles. The number of nitriles is 2. The van der Waals surface area contributed by atoms with Crippen LogP contribution in [0.4, 0.5) is 5.00 Å². The number of ether oxygens (including phenoxy) is 1. The molecule has 0 spiro atoms. The van der Waals surface area contributed by atoms with Crippen molar-refractivity contribution in [1.29, 1.82) is 10.5 Å². The van der Waals surface area contributed by atoms with Crippen molar-refractivity contribution >= 4 is 22.4 Å². The molecule has 29 heavy (non-hydrogen) atoms. The van der Waals surface area contributed by atoms with Gasteiger partial charge in [0.25, 0.3) is 0 Å². The molecule has 4 rings (SSSR count). The monoisotopic (exact) mass is 397 g/mol. The summed E-state index contributed by atoms with van der Waals surface area (Å²) in [5, 5.41) is 19.1. The van der Waals surface area contributed by atoms with Crippen LogP contribution in [-0.2, 0) is 4.74 Å². The van der Waals surface area contributed by atoms with Crippen LogP contribution in [0, 0.1) is 22.7 Å². The highest BCUT2D eigenvalue weighted by molar-refractivity contribution is 7.20. The minimum atomic E-state index is 0.106. The van der Waals surface area contributed by atoms with Crippen LogP contribution in [0.25, 0.3) is 27.6 Å². The number of morpholine rings is 1. The highest BCUT2D eigenvalue weighted by Gasteiger charge is 2.20. The van der Waals surface area contributed by atoms with Crippen molar-refractivity contribution in [1.82, 2.24) is 0 Å². The SMILES string of the molecule is N#CC(C#N)=Cc1ccc(-c2cc(-c3ccccc3)c(N3CCOCC3)s2)cc1. The smallest absolute Gasteiger partial charge is 0.130 e. The van der Waals surface area contributed by atoms with E-state index in [1.54, 1.807) is 17.4 Å². The molecule has 2 heterocycles. The summed E-state index contributed by atoms with van der Waals surface area (Å²) < 4.78 is 5.53. The Bertz CT molecular complexity index is 1080. The molecular formula is C24H19N3OS. The van der Waals surface area contributed by atoms with Gasteiger partial charge in [0.15, 0.2) is 0 Å². The summed E-state index contributed by atoms with van der Waals surface area (Å²) in [5.74, 6) is 0. The highest BCUT2D eigenvalue weighted by Crippen LogP contribution is 2.43. The summed E-state index contributed by atoms with van der Waals surface area (Å²) in [6.45, 7) is 3.30. The number of nitrogens with zero attached hydrogens (tertiary/aromatic N) is 3. The van der Waals surface area contributed by atoms with Gasteiger partial charge in [0.1, 0.15) is 17.7 Å². The normalized spacial score (nSPS) is 13.4. The molecule has 1 aliphatic rings. The van der Waals surface area contributed by atoms with Gasteiger partial charge >= 0.3 is 0 Å². The van der Waals surface area contributed by atoms with Gasteiger partial charge in [-0.05, 0) is 28.8 Å². The second-order valence-electron chi connectivity index (χ2n) is 6.70. The lowest BCUT2D eigenvalue weighted by molar-refractivity contribution is 0.123. The first-order valence-electron chi connectivity index (χ1n) is 9.43. The fourth-order valence-corrected chi connectivity index (χ4v) is 4.59. The average molecular weight is 398 g/mol. The van der Waals surface area contributed by atoms with E-state index >= 15 is 0 Å². The first-order valence-corrected chi connectivity index (χ1v) is 10.2. The molecule has 0 amide bonds. The first-order chi connectivity index (χ1) is 14.3. The number of anilines is 1. The number of benzene rings is 2. The van der Waals surface area contributed by atoms with Crippen molar-refractivity contribution in [3.05, 3.63) is 71.8 Å².